The van der Waals surface area contributed by atoms with Gasteiger partial charge in [0, 0.05) is 16.1 Å². The number of hydrogen-bond acceptors (Lipinski definition) is 6. The fourth-order valence-electron chi connectivity index (χ4n) is 1.24. The first-order valence-corrected chi connectivity index (χ1v) is 8.87. The Morgan fingerprint density at radius 2 is 1.60 bits per heavy atom. The van der Waals surface area contributed by atoms with Crippen LogP contribution in [-0.2, 0) is 4.57 Å². The molecule has 0 aliphatic rings. The van der Waals surface area contributed by atoms with Crippen molar-refractivity contribution in [3.63, 3.8) is 0 Å². The molecule has 2 aromatic carbocycles. The van der Waals surface area contributed by atoms with E-state index in [0.717, 1.165) is 20.0 Å². The number of nitrogens with zero attached hydrogens (tertiary/aromatic N) is 1. The van der Waals surface area contributed by atoms with Gasteiger partial charge in [0.2, 0.25) is 0 Å². The first kappa shape index (κ1) is 29.4. The summed E-state index contributed by atoms with van der Waals surface area (Å²) in [4.78, 5) is 23.6. The van der Waals surface area contributed by atoms with Crippen molar-refractivity contribution in [2.24, 2.45) is 5.34 Å². The third-order valence-corrected chi connectivity index (χ3v) is 3.32. The fourth-order valence-corrected chi connectivity index (χ4v) is 2.24. The van der Waals surface area contributed by atoms with E-state index in [0.29, 0.717) is 0 Å². The molecule has 2 aromatic rings. The van der Waals surface area contributed by atoms with Crippen LogP contribution in [0.1, 0.15) is 12.6 Å². The number of halogens is 2. The Morgan fingerprint density at radius 3 is 1.88 bits per heavy atom. The van der Waals surface area contributed by atoms with Crippen molar-refractivity contribution in [2.75, 3.05) is 5.73 Å². The third kappa shape index (κ3) is 21.6. The summed E-state index contributed by atoms with van der Waals surface area (Å²) in [6, 6.07) is 14.1. The van der Waals surface area contributed by atoms with Crippen LogP contribution in [-0.4, -0.2) is 4.89 Å². The van der Waals surface area contributed by atoms with E-state index in [9.17, 15) is 0 Å². The molecule has 0 spiro atoms. The molecule has 3 N–H and O–H groups in total. The molecule has 0 aliphatic carbocycles. The van der Waals surface area contributed by atoms with Crippen LogP contribution in [0.4, 0.5) is 5.69 Å². The quantitative estimate of drug-likeness (QED) is 0.182. The summed E-state index contributed by atoms with van der Waals surface area (Å²) < 4.78 is 10.7. The van der Waals surface area contributed by atoms with Crippen molar-refractivity contribution in [2.45, 2.75) is 13.8 Å². The number of rotatable bonds is 0. The van der Waals surface area contributed by atoms with E-state index in [2.05, 4.69) is 50.9 Å². The molecule has 1 atom stereocenters. The summed E-state index contributed by atoms with van der Waals surface area (Å²) in [5.41, 5.74) is 8.84. The summed E-state index contributed by atoms with van der Waals surface area (Å²) in [6.07, 6.45) is 0. The van der Waals surface area contributed by atoms with E-state index in [-0.39, 0.29) is 31.0 Å². The smallest absolute Gasteiger partial charge is 0.567 e. The first-order valence-electron chi connectivity index (χ1n) is 6.16. The van der Waals surface area contributed by atoms with Crippen LogP contribution in [0.2, 0.25) is 0 Å². The maximum atomic E-state index is 8.59. The second kappa shape index (κ2) is 18.4. The summed E-state index contributed by atoms with van der Waals surface area (Å²) in [5.74, 6) is 0. The second-order valence-electron chi connectivity index (χ2n) is 4.14. The van der Waals surface area contributed by atoms with Gasteiger partial charge in [-0.15, -0.1) is 5.34 Å². The maximum absolute atomic E-state index is 8.59. The SMILES string of the molecule is Cc1ccc(N)c(Br)c1.Cc1cccc(Br)c1.O=N[O-].O=[P+]([O-])O.[HH].[Na+]. The third-order valence-electron chi connectivity index (χ3n) is 2.14. The van der Waals surface area contributed by atoms with Crippen LogP contribution >= 0.6 is 40.1 Å². The number of benzene rings is 2. The standard InChI is InChI=1S/C7H8BrN.C7H7Br.HNO2.Na.HO3P.H2/c1-5-2-3-7(9)6(8)4-5;1-6-3-2-4-7(8)5-6;2-1-3;;1-4(2)3;/h2-4H,9H2,1H3;2-5H,1H3;(H,2,3);;(H,1,2,3);1H/q;;;+1;;/p-1. The molecule has 1 unspecified atom stereocenters. The molecule has 0 saturated carbocycles. The zero-order chi connectivity index (χ0) is 19.1. The van der Waals surface area contributed by atoms with Gasteiger partial charge in [0.25, 0.3) is 0 Å². The van der Waals surface area contributed by atoms with Gasteiger partial charge in [-0.1, -0.05) is 39.7 Å². The summed E-state index contributed by atoms with van der Waals surface area (Å²) in [7, 11) is -3.12. The average molecular weight is 508 g/mol. The van der Waals surface area contributed by atoms with Gasteiger partial charge in [-0.25, -0.2) is 0 Å². The summed E-state index contributed by atoms with van der Waals surface area (Å²) in [5, 5.41) is 9.00. The molecular formula is C14H18Br2N2NaO5P. The minimum absolute atomic E-state index is 0. The van der Waals surface area contributed by atoms with Crippen molar-refractivity contribution in [1.29, 1.82) is 0 Å². The zero-order valence-corrected chi connectivity index (χ0v) is 19.9. The minimum atomic E-state index is -3.12. The van der Waals surface area contributed by atoms with Crippen molar-refractivity contribution >= 4 is 45.8 Å². The summed E-state index contributed by atoms with van der Waals surface area (Å²) in [6.45, 7) is 4.11. The maximum Gasteiger partial charge on any atom is 1.00 e. The molecule has 0 radical (unpaired) electrons. The van der Waals surface area contributed by atoms with E-state index >= 15 is 0 Å². The van der Waals surface area contributed by atoms with Gasteiger partial charge in [-0.2, -0.15) is 4.89 Å². The molecule has 11 heteroatoms. The Labute approximate surface area is 187 Å². The van der Waals surface area contributed by atoms with E-state index in [1.165, 1.54) is 11.1 Å². The summed E-state index contributed by atoms with van der Waals surface area (Å²) >= 11 is 6.68. The van der Waals surface area contributed by atoms with Crippen LogP contribution in [0.5, 0.6) is 0 Å². The Bertz CT molecular complexity index is 635. The van der Waals surface area contributed by atoms with Crippen molar-refractivity contribution in [3.05, 3.63) is 72.7 Å². The molecule has 0 aliphatic heterocycles. The van der Waals surface area contributed by atoms with Gasteiger partial charge >= 0.3 is 37.8 Å². The van der Waals surface area contributed by atoms with Crippen molar-refractivity contribution in [1.82, 2.24) is 0 Å². The predicted octanol–water partition coefficient (Wildman–Crippen LogP) is 1.59. The van der Waals surface area contributed by atoms with Crippen LogP contribution in [0.25, 0.3) is 0 Å². The predicted molar refractivity (Wildman–Crippen MR) is 103 cm³/mol. The molecule has 0 amide bonds. The van der Waals surface area contributed by atoms with Gasteiger partial charge in [-0.3, -0.25) is 0 Å². The van der Waals surface area contributed by atoms with Gasteiger partial charge in [0.1, 0.15) is 0 Å². The number of nitrogens with two attached hydrogens (primary N) is 1. The normalized spacial score (nSPS) is 8.64. The molecule has 0 saturated heterocycles. The molecule has 25 heavy (non-hydrogen) atoms. The Morgan fingerprint density at radius 1 is 1.16 bits per heavy atom. The van der Waals surface area contributed by atoms with Gasteiger partial charge in [0.15, 0.2) is 0 Å². The van der Waals surface area contributed by atoms with E-state index in [1.54, 1.807) is 0 Å². The van der Waals surface area contributed by atoms with Crippen LogP contribution < -0.4 is 40.2 Å². The number of hydrogen-bond donors (Lipinski definition) is 2. The van der Waals surface area contributed by atoms with E-state index in [4.69, 9.17) is 30.2 Å². The number of anilines is 1. The second-order valence-corrected chi connectivity index (χ2v) is 6.38. The molecule has 7 nitrogen and oxygen atoms in total. The molecule has 134 valence electrons. The van der Waals surface area contributed by atoms with E-state index < -0.39 is 8.25 Å². The minimum Gasteiger partial charge on any atom is -0.567 e. The number of aryl methyl sites for hydroxylation is 2. The molecule has 0 aromatic heterocycles. The number of nitrogen functional groups attached to an aromatic ring is 1. The average Bonchev–Trinajstić information content (AvgIpc) is 2.44. The first-order chi connectivity index (χ1) is 11.1. The van der Waals surface area contributed by atoms with Crippen LogP contribution in [0.3, 0.4) is 0 Å². The monoisotopic (exact) mass is 506 g/mol. The van der Waals surface area contributed by atoms with E-state index in [1.807, 2.05) is 37.3 Å². The Kier molecular flexibility index (Phi) is 21.6. The molecular weight excluding hydrogens is 490 g/mol. The van der Waals surface area contributed by atoms with Crippen LogP contribution in [0.15, 0.2) is 56.8 Å². The molecule has 0 fully saturated rings. The van der Waals surface area contributed by atoms with Gasteiger partial charge < -0.3 is 20.7 Å². The van der Waals surface area contributed by atoms with Crippen molar-refractivity contribution in [3.8, 4) is 0 Å². The molecule has 0 heterocycles. The largest absolute Gasteiger partial charge is 1.00 e. The Balaban J connectivity index is -0.000000132. The fraction of sp³-hybridized carbons (Fsp3) is 0.143. The van der Waals surface area contributed by atoms with Gasteiger partial charge in [-0.05, 0) is 64.2 Å². The zero-order valence-electron chi connectivity index (χ0n) is 13.8. The topological polar surface area (TPSA) is 139 Å². The van der Waals surface area contributed by atoms with Crippen molar-refractivity contribution < 1.29 is 45.3 Å². The molecule has 0 bridgehead atoms. The van der Waals surface area contributed by atoms with Gasteiger partial charge in [0.05, 0.1) is 0 Å². The molecule has 2 rings (SSSR count). The van der Waals surface area contributed by atoms with Crippen LogP contribution in [0, 0.1) is 24.0 Å². The Hall–Kier alpha value is -0.380.